The van der Waals surface area contributed by atoms with Crippen LogP contribution >= 0.6 is 0 Å². The van der Waals surface area contributed by atoms with Crippen LogP contribution in [0.25, 0.3) is 0 Å². The van der Waals surface area contributed by atoms with E-state index < -0.39 is 6.04 Å². The molecule has 1 heterocycles. The Bertz CT molecular complexity index is 530. The second-order valence-corrected chi connectivity index (χ2v) is 6.46. The molecular weight excluding hydrogens is 290 g/mol. The number of likely N-dealkylation sites (tertiary alicyclic amines) is 1. The van der Waals surface area contributed by atoms with Gasteiger partial charge >= 0.3 is 0 Å². The molecule has 0 spiro atoms. The lowest BCUT2D eigenvalue weighted by Crippen LogP contribution is -2.49. The van der Waals surface area contributed by atoms with Gasteiger partial charge in [-0.25, -0.2) is 0 Å². The van der Waals surface area contributed by atoms with Crippen LogP contribution in [0.15, 0.2) is 30.3 Å². The lowest BCUT2D eigenvalue weighted by Gasteiger charge is -2.31. The van der Waals surface area contributed by atoms with Gasteiger partial charge in [-0.1, -0.05) is 44.2 Å². The molecule has 0 radical (unpaired) electrons. The zero-order chi connectivity index (χ0) is 16.8. The molecule has 2 N–H and O–H groups in total. The fourth-order valence-corrected chi connectivity index (χ4v) is 3.07. The van der Waals surface area contributed by atoms with Crippen LogP contribution in [-0.4, -0.2) is 42.9 Å². The van der Waals surface area contributed by atoms with E-state index in [1.54, 1.807) is 7.05 Å². The van der Waals surface area contributed by atoms with Gasteiger partial charge < -0.3 is 10.6 Å². The number of rotatable bonds is 6. The molecule has 2 amide bonds. The summed E-state index contributed by atoms with van der Waals surface area (Å²) in [6.45, 7) is 5.57. The van der Waals surface area contributed by atoms with E-state index in [4.69, 9.17) is 0 Å². The Kier molecular flexibility index (Phi) is 6.16. The zero-order valence-corrected chi connectivity index (χ0v) is 14.2. The average molecular weight is 317 g/mol. The Labute approximate surface area is 138 Å². The molecule has 23 heavy (non-hydrogen) atoms. The van der Waals surface area contributed by atoms with Crippen LogP contribution in [0.4, 0.5) is 0 Å². The maximum absolute atomic E-state index is 12.5. The number of hydrogen-bond acceptors (Lipinski definition) is 3. The molecule has 1 aliphatic rings. The summed E-state index contributed by atoms with van der Waals surface area (Å²) in [6, 6.07) is 9.02. The number of carbonyl (C=O) groups is 2. The van der Waals surface area contributed by atoms with Crippen LogP contribution < -0.4 is 10.6 Å². The van der Waals surface area contributed by atoms with Crippen LogP contribution in [-0.2, 0) is 9.59 Å². The highest BCUT2D eigenvalue weighted by Crippen LogP contribution is 2.29. The van der Waals surface area contributed by atoms with Crippen molar-refractivity contribution in [2.24, 2.45) is 5.92 Å². The number of hydrogen-bond donors (Lipinski definition) is 2. The van der Waals surface area contributed by atoms with E-state index in [-0.39, 0.29) is 17.9 Å². The molecule has 1 aromatic rings. The van der Waals surface area contributed by atoms with Gasteiger partial charge in [0, 0.05) is 20.1 Å². The molecule has 2 atom stereocenters. The van der Waals surface area contributed by atoms with Crippen molar-refractivity contribution in [2.75, 3.05) is 20.1 Å². The Morgan fingerprint density at radius 2 is 1.96 bits per heavy atom. The molecule has 1 fully saturated rings. The smallest absolute Gasteiger partial charge is 0.241 e. The molecule has 126 valence electrons. The summed E-state index contributed by atoms with van der Waals surface area (Å²) >= 11 is 0. The number of likely N-dealkylation sites (N-methyl/N-ethyl adjacent to an activating group) is 1. The molecule has 0 aliphatic carbocycles. The summed E-state index contributed by atoms with van der Waals surface area (Å²) in [5.41, 5.74) is 0.926. The number of benzene rings is 1. The SMILES string of the molecule is CNC(=O)[C@@H](c1ccccc1)N1CCC[C@H]1C(=O)NCC(C)C. The molecule has 1 aliphatic heterocycles. The monoisotopic (exact) mass is 317 g/mol. The highest BCUT2D eigenvalue weighted by molar-refractivity contribution is 5.86. The number of carbonyl (C=O) groups excluding carboxylic acids is 2. The summed E-state index contributed by atoms with van der Waals surface area (Å²) in [7, 11) is 1.64. The van der Waals surface area contributed by atoms with Gasteiger partial charge in [-0.3, -0.25) is 14.5 Å². The van der Waals surface area contributed by atoms with Crippen LogP contribution in [0.1, 0.15) is 38.3 Å². The molecule has 0 bridgehead atoms. The molecule has 1 aromatic carbocycles. The van der Waals surface area contributed by atoms with Crippen LogP contribution in [0, 0.1) is 5.92 Å². The number of amides is 2. The van der Waals surface area contributed by atoms with Gasteiger partial charge in [0.05, 0.1) is 6.04 Å². The fourth-order valence-electron chi connectivity index (χ4n) is 3.07. The topological polar surface area (TPSA) is 61.4 Å². The molecule has 0 saturated carbocycles. The summed E-state index contributed by atoms with van der Waals surface area (Å²) < 4.78 is 0. The van der Waals surface area contributed by atoms with E-state index in [0.717, 1.165) is 24.9 Å². The maximum atomic E-state index is 12.5. The van der Waals surface area contributed by atoms with Crippen molar-refractivity contribution in [1.82, 2.24) is 15.5 Å². The second-order valence-electron chi connectivity index (χ2n) is 6.46. The molecule has 5 nitrogen and oxygen atoms in total. The second kappa shape index (κ2) is 8.11. The van der Waals surface area contributed by atoms with Gasteiger partial charge in [0.2, 0.25) is 11.8 Å². The van der Waals surface area contributed by atoms with Crippen LogP contribution in [0.3, 0.4) is 0 Å². The Morgan fingerprint density at radius 3 is 2.57 bits per heavy atom. The first-order valence-corrected chi connectivity index (χ1v) is 8.34. The van der Waals surface area contributed by atoms with Crippen molar-refractivity contribution >= 4 is 11.8 Å². The van der Waals surface area contributed by atoms with Gasteiger partial charge in [0.1, 0.15) is 6.04 Å². The largest absolute Gasteiger partial charge is 0.358 e. The quantitative estimate of drug-likeness (QED) is 0.840. The van der Waals surface area contributed by atoms with E-state index in [9.17, 15) is 9.59 Å². The summed E-state index contributed by atoms with van der Waals surface area (Å²) in [4.78, 5) is 27.0. The van der Waals surface area contributed by atoms with Crippen molar-refractivity contribution < 1.29 is 9.59 Å². The van der Waals surface area contributed by atoms with Gasteiger partial charge in [-0.15, -0.1) is 0 Å². The van der Waals surface area contributed by atoms with Crippen molar-refractivity contribution in [3.05, 3.63) is 35.9 Å². The summed E-state index contributed by atoms with van der Waals surface area (Å²) in [6.07, 6.45) is 1.73. The van der Waals surface area contributed by atoms with Crippen molar-refractivity contribution in [3.63, 3.8) is 0 Å². The van der Waals surface area contributed by atoms with E-state index in [1.807, 2.05) is 35.2 Å². The molecular formula is C18H27N3O2. The predicted octanol–water partition coefficient (Wildman–Crippen LogP) is 1.71. The minimum absolute atomic E-state index is 0.0287. The number of nitrogens with one attached hydrogen (secondary N) is 2. The van der Waals surface area contributed by atoms with E-state index >= 15 is 0 Å². The minimum atomic E-state index is -0.418. The fraction of sp³-hybridized carbons (Fsp3) is 0.556. The molecule has 5 heteroatoms. The Hall–Kier alpha value is -1.88. The number of nitrogens with zero attached hydrogens (tertiary/aromatic N) is 1. The zero-order valence-electron chi connectivity index (χ0n) is 14.2. The first-order valence-electron chi connectivity index (χ1n) is 8.34. The Balaban J connectivity index is 2.20. The van der Waals surface area contributed by atoms with Crippen molar-refractivity contribution in [2.45, 2.75) is 38.8 Å². The summed E-state index contributed by atoms with van der Waals surface area (Å²) in [5, 5.41) is 5.74. The maximum Gasteiger partial charge on any atom is 0.241 e. The highest BCUT2D eigenvalue weighted by atomic mass is 16.2. The lowest BCUT2D eigenvalue weighted by molar-refractivity contribution is -0.131. The Morgan fingerprint density at radius 1 is 1.26 bits per heavy atom. The van der Waals surface area contributed by atoms with Gasteiger partial charge in [0.25, 0.3) is 0 Å². The standard InChI is InChI=1S/C18H27N3O2/c1-13(2)12-20-17(22)15-10-7-11-21(15)16(18(23)19-3)14-8-5-4-6-9-14/h4-6,8-9,13,15-16H,7,10-12H2,1-3H3,(H,19,23)(H,20,22)/t15-,16+/m0/s1. The van der Waals surface area contributed by atoms with Gasteiger partial charge in [-0.2, -0.15) is 0 Å². The average Bonchev–Trinajstić information content (AvgIpc) is 3.03. The van der Waals surface area contributed by atoms with Crippen molar-refractivity contribution in [3.8, 4) is 0 Å². The van der Waals surface area contributed by atoms with Gasteiger partial charge in [-0.05, 0) is 24.3 Å². The van der Waals surface area contributed by atoms with Crippen LogP contribution in [0.2, 0.25) is 0 Å². The third-order valence-corrected chi connectivity index (χ3v) is 4.22. The lowest BCUT2D eigenvalue weighted by atomic mass is 10.0. The summed E-state index contributed by atoms with van der Waals surface area (Å²) in [5.74, 6) is 0.374. The first-order chi connectivity index (χ1) is 11.0. The molecule has 2 rings (SSSR count). The first kappa shape index (κ1) is 17.5. The van der Waals surface area contributed by atoms with E-state index in [1.165, 1.54) is 0 Å². The molecule has 1 saturated heterocycles. The van der Waals surface area contributed by atoms with E-state index in [0.29, 0.717) is 12.5 Å². The highest BCUT2D eigenvalue weighted by Gasteiger charge is 2.38. The van der Waals surface area contributed by atoms with E-state index in [2.05, 4.69) is 24.5 Å². The minimum Gasteiger partial charge on any atom is -0.358 e. The van der Waals surface area contributed by atoms with Crippen molar-refractivity contribution in [1.29, 1.82) is 0 Å². The predicted molar refractivity (Wildman–Crippen MR) is 90.8 cm³/mol. The molecule has 0 aromatic heterocycles. The third kappa shape index (κ3) is 4.32. The van der Waals surface area contributed by atoms with Crippen LogP contribution in [0.5, 0.6) is 0 Å². The normalized spacial score (nSPS) is 19.6. The third-order valence-electron chi connectivity index (χ3n) is 4.22. The molecule has 0 unspecified atom stereocenters. The van der Waals surface area contributed by atoms with Gasteiger partial charge in [0.15, 0.2) is 0 Å².